The lowest BCUT2D eigenvalue weighted by molar-refractivity contribution is -0.0312. The van der Waals surface area contributed by atoms with Crippen molar-refractivity contribution in [3.05, 3.63) is 36.5 Å². The highest BCUT2D eigenvalue weighted by Gasteiger charge is 2.45. The Hall–Kier alpha value is -2.60. The van der Waals surface area contributed by atoms with Crippen LogP contribution in [0.15, 0.2) is 46.3 Å². The van der Waals surface area contributed by atoms with Crippen LogP contribution >= 0.6 is 0 Å². The number of hydrogen-bond donors (Lipinski definition) is 3. The second-order valence-corrected chi connectivity index (χ2v) is 14.7. The maximum atomic E-state index is 13.4. The van der Waals surface area contributed by atoms with E-state index in [-0.39, 0.29) is 41.3 Å². The largest absolute Gasteiger partial charge is 0.491 e. The van der Waals surface area contributed by atoms with Crippen LogP contribution in [0.4, 0.5) is 10.1 Å². The van der Waals surface area contributed by atoms with E-state index in [9.17, 15) is 26.3 Å². The first-order chi connectivity index (χ1) is 20.5. The third kappa shape index (κ3) is 7.38. The number of aliphatic hydroxyl groups is 1. The van der Waals surface area contributed by atoms with E-state index in [4.69, 9.17) is 14.2 Å². The Morgan fingerprint density at radius 3 is 2.74 bits per heavy atom. The molecule has 13 nitrogen and oxygen atoms in total. The maximum absolute atomic E-state index is 13.4. The zero-order chi connectivity index (χ0) is 30.7. The smallest absolute Gasteiger partial charge is 0.244 e. The number of hydrogen-bond acceptors (Lipinski definition) is 11. The molecule has 2 atom stereocenters. The average Bonchev–Trinajstić information content (AvgIpc) is 3.40. The van der Waals surface area contributed by atoms with Crippen LogP contribution in [0.2, 0.25) is 0 Å². The van der Waals surface area contributed by atoms with Gasteiger partial charge in [0.2, 0.25) is 25.9 Å². The lowest BCUT2D eigenvalue weighted by Crippen LogP contribution is -2.47. The molecule has 43 heavy (non-hydrogen) atoms. The number of sulfonamides is 2. The van der Waals surface area contributed by atoms with E-state index in [1.807, 2.05) is 11.9 Å². The van der Waals surface area contributed by atoms with Crippen LogP contribution < -0.4 is 24.4 Å². The molecule has 0 saturated carbocycles. The van der Waals surface area contributed by atoms with Crippen LogP contribution in [-0.2, 0) is 24.8 Å². The van der Waals surface area contributed by atoms with Crippen LogP contribution in [0.1, 0.15) is 19.3 Å². The third-order valence-corrected chi connectivity index (χ3v) is 11.3. The summed E-state index contributed by atoms with van der Waals surface area (Å²) in [5, 5.41) is 13.7. The molecule has 1 aromatic heterocycles. The molecule has 1 aromatic carbocycles. The number of aromatic nitrogens is 1. The number of pyridine rings is 1. The Morgan fingerprint density at radius 1 is 1.19 bits per heavy atom. The molecular weight excluding hydrogens is 605 g/mol. The van der Waals surface area contributed by atoms with Gasteiger partial charge in [0, 0.05) is 45.3 Å². The highest BCUT2D eigenvalue weighted by molar-refractivity contribution is 7.89. The number of aliphatic hydroxyl groups excluding tert-OH is 1. The summed E-state index contributed by atoms with van der Waals surface area (Å²) in [6, 6.07) is 7.37. The van der Waals surface area contributed by atoms with Gasteiger partial charge in [0.1, 0.15) is 42.3 Å². The summed E-state index contributed by atoms with van der Waals surface area (Å²) >= 11 is 0. The topological polar surface area (TPSA) is 160 Å². The number of nitrogens with zero attached hydrogens (tertiary/aromatic N) is 3. The molecule has 2 aromatic rings. The molecule has 3 N–H and O–H groups in total. The number of piperidine rings is 1. The molecule has 3 aliphatic rings. The van der Waals surface area contributed by atoms with Crippen LogP contribution in [0.25, 0.3) is 0 Å². The molecule has 1 spiro atoms. The lowest BCUT2D eigenvalue weighted by atomic mass is 9.88. The van der Waals surface area contributed by atoms with Crippen LogP contribution in [0.5, 0.6) is 11.6 Å². The van der Waals surface area contributed by atoms with Gasteiger partial charge in [-0.25, -0.2) is 30.9 Å². The third-order valence-electron chi connectivity index (χ3n) is 7.95. The van der Waals surface area contributed by atoms with E-state index in [1.54, 1.807) is 12.1 Å². The molecule has 2 saturated heterocycles. The van der Waals surface area contributed by atoms with Crippen molar-refractivity contribution in [3.63, 3.8) is 0 Å². The van der Waals surface area contributed by atoms with Crippen molar-refractivity contribution in [1.29, 1.82) is 0 Å². The predicted molar refractivity (Wildman–Crippen MR) is 155 cm³/mol. The normalized spacial score (nSPS) is 21.4. The SMILES string of the molecule is CN1CCOc2ncc(S(=O)(=O)N3CCC4(CC3)C[C@@H](NCC(O)COc3cccc(S(=O)(=O)NCCF)c3)CO4)cc21. The second kappa shape index (κ2) is 13.2. The van der Waals surface area contributed by atoms with Crippen molar-refractivity contribution in [3.8, 4) is 11.6 Å². The number of anilines is 1. The van der Waals surface area contributed by atoms with E-state index in [1.165, 1.54) is 28.7 Å². The number of halogens is 1. The number of likely N-dealkylation sites (N-methyl/N-ethyl adjacent to an activating group) is 1. The number of rotatable bonds is 12. The van der Waals surface area contributed by atoms with E-state index >= 15 is 0 Å². The fraction of sp³-hybridized carbons (Fsp3) is 0.593. The fourth-order valence-corrected chi connectivity index (χ4v) is 7.95. The summed E-state index contributed by atoms with van der Waals surface area (Å²) in [6.45, 7) is 1.27. The molecule has 2 fully saturated rings. The molecule has 0 bridgehead atoms. The number of nitrogens with one attached hydrogen (secondary N) is 2. The van der Waals surface area contributed by atoms with Crippen molar-refractivity contribution >= 4 is 25.7 Å². The van der Waals surface area contributed by atoms with Crippen molar-refractivity contribution in [1.82, 2.24) is 19.3 Å². The summed E-state index contributed by atoms with van der Waals surface area (Å²) in [7, 11) is -5.70. The van der Waals surface area contributed by atoms with Gasteiger partial charge in [-0.2, -0.15) is 4.31 Å². The summed E-state index contributed by atoms with van der Waals surface area (Å²) in [5.74, 6) is 0.696. The molecule has 0 radical (unpaired) electrons. The number of benzene rings is 1. The van der Waals surface area contributed by atoms with Crippen molar-refractivity contribution in [2.24, 2.45) is 0 Å². The van der Waals surface area contributed by atoms with E-state index in [0.717, 1.165) is 0 Å². The molecular formula is C27H38FN5O8S2. The predicted octanol–water partition coefficient (Wildman–Crippen LogP) is 0.500. The molecule has 0 amide bonds. The molecule has 238 valence electrons. The minimum absolute atomic E-state index is 0.0201. The summed E-state index contributed by atoms with van der Waals surface area (Å²) in [5.41, 5.74) is 0.223. The summed E-state index contributed by atoms with van der Waals surface area (Å²) < 4.78 is 84.5. The van der Waals surface area contributed by atoms with E-state index < -0.39 is 38.4 Å². The molecule has 0 aliphatic carbocycles. The summed E-state index contributed by atoms with van der Waals surface area (Å²) in [4.78, 5) is 6.25. The average molecular weight is 644 g/mol. The molecule has 3 aliphatic heterocycles. The first-order valence-electron chi connectivity index (χ1n) is 14.2. The fourth-order valence-electron chi connectivity index (χ4n) is 5.50. The van der Waals surface area contributed by atoms with E-state index in [0.29, 0.717) is 63.7 Å². The lowest BCUT2D eigenvalue weighted by Gasteiger charge is -2.38. The first-order valence-corrected chi connectivity index (χ1v) is 17.1. The van der Waals surface area contributed by atoms with E-state index in [2.05, 4.69) is 15.0 Å². The number of alkyl halides is 1. The van der Waals surface area contributed by atoms with Crippen molar-refractivity contribution in [2.45, 2.75) is 46.8 Å². The van der Waals surface area contributed by atoms with Crippen molar-refractivity contribution in [2.75, 3.05) is 71.2 Å². The standard InChI is InChI=1S/C27H38FN5O8S2/c1-32-11-12-39-26-25(32)14-24(17-30-26)43(37,38)33-9-5-27(6-10-33)15-20(18-41-27)29-16-21(34)19-40-22-3-2-4-23(13-22)42(35,36)31-8-7-28/h2-4,13-14,17,20-21,29,31,34H,5-12,15-16,18-19H2,1H3/t20-,21?/m1/s1. The zero-order valence-electron chi connectivity index (χ0n) is 23.9. The van der Waals surface area contributed by atoms with Crippen LogP contribution in [0.3, 0.4) is 0 Å². The van der Waals surface area contributed by atoms with Gasteiger partial charge in [0.15, 0.2) is 0 Å². The highest BCUT2D eigenvalue weighted by Crippen LogP contribution is 2.38. The van der Waals surface area contributed by atoms with Crippen LogP contribution in [0, 0.1) is 0 Å². The molecule has 16 heteroatoms. The second-order valence-electron chi connectivity index (χ2n) is 11.0. The Morgan fingerprint density at radius 2 is 1.98 bits per heavy atom. The number of fused-ring (bicyclic) bond motifs is 1. The van der Waals surface area contributed by atoms with Gasteiger partial charge in [-0.05, 0) is 37.5 Å². The Bertz CT molecular complexity index is 1490. The Kier molecular flexibility index (Phi) is 9.75. The molecule has 5 rings (SSSR count). The maximum Gasteiger partial charge on any atom is 0.244 e. The number of ether oxygens (including phenoxy) is 3. The van der Waals surface area contributed by atoms with Gasteiger partial charge in [-0.1, -0.05) is 6.07 Å². The highest BCUT2D eigenvalue weighted by atomic mass is 32.2. The Labute approximate surface area is 251 Å². The van der Waals surface area contributed by atoms with Gasteiger partial charge < -0.3 is 29.5 Å². The summed E-state index contributed by atoms with van der Waals surface area (Å²) in [6.07, 6.45) is 2.27. The van der Waals surface area contributed by atoms with Crippen molar-refractivity contribution < 1.29 is 40.5 Å². The molecule has 1 unspecified atom stereocenters. The Balaban J connectivity index is 1.08. The minimum atomic E-state index is -3.85. The van der Waals surface area contributed by atoms with Gasteiger partial charge in [0.25, 0.3) is 0 Å². The molecule has 4 heterocycles. The van der Waals surface area contributed by atoms with Gasteiger partial charge >= 0.3 is 0 Å². The van der Waals surface area contributed by atoms with Gasteiger partial charge in [-0.3, -0.25) is 0 Å². The van der Waals surface area contributed by atoms with Gasteiger partial charge in [-0.15, -0.1) is 0 Å². The zero-order valence-corrected chi connectivity index (χ0v) is 25.6. The quantitative estimate of drug-likeness (QED) is 0.296. The van der Waals surface area contributed by atoms with Gasteiger partial charge in [0.05, 0.1) is 29.8 Å². The first kappa shape index (κ1) is 31.8. The minimum Gasteiger partial charge on any atom is -0.491 e. The van der Waals surface area contributed by atoms with Crippen LogP contribution in [-0.4, -0.2) is 115 Å². The monoisotopic (exact) mass is 643 g/mol.